The molecule has 6 heteroatoms. The second kappa shape index (κ2) is 8.97. The van der Waals surface area contributed by atoms with E-state index in [0.29, 0.717) is 31.0 Å². The molecular weight excluding hydrogens is 324 g/mol. The number of hydrogen-bond acceptors (Lipinski definition) is 4. The van der Waals surface area contributed by atoms with Crippen molar-refractivity contribution in [3.05, 3.63) is 29.8 Å². The van der Waals surface area contributed by atoms with E-state index in [2.05, 4.69) is 5.32 Å². The number of ether oxygens (including phenoxy) is 1. The van der Waals surface area contributed by atoms with Crippen LogP contribution in [-0.4, -0.2) is 54.0 Å². The summed E-state index contributed by atoms with van der Waals surface area (Å²) in [4.78, 5) is 26.5. The number of piperidine rings is 1. The molecule has 24 heavy (non-hydrogen) atoms. The molecule has 2 amide bonds. The van der Waals surface area contributed by atoms with Crippen LogP contribution in [0.3, 0.4) is 0 Å². The Morgan fingerprint density at radius 2 is 2.00 bits per heavy atom. The maximum Gasteiger partial charge on any atom is 0.257 e. The van der Waals surface area contributed by atoms with Crippen molar-refractivity contribution >= 4 is 23.6 Å². The smallest absolute Gasteiger partial charge is 0.257 e. The third kappa shape index (κ3) is 4.66. The summed E-state index contributed by atoms with van der Waals surface area (Å²) >= 11 is 1.54. The summed E-state index contributed by atoms with van der Waals surface area (Å²) in [5.74, 6) is 0.712. The monoisotopic (exact) mass is 350 g/mol. The Bertz CT molecular complexity index is 571. The topological polar surface area (TPSA) is 58.6 Å². The Kier molecular flexibility index (Phi) is 6.97. The lowest BCUT2D eigenvalue weighted by molar-refractivity contribution is -0.121. The van der Waals surface area contributed by atoms with Gasteiger partial charge in [-0.3, -0.25) is 9.59 Å². The molecule has 5 nitrogen and oxygen atoms in total. The maximum absolute atomic E-state index is 12.7. The zero-order valence-corrected chi connectivity index (χ0v) is 15.4. The van der Waals surface area contributed by atoms with Gasteiger partial charge in [-0.25, -0.2) is 0 Å². The highest BCUT2D eigenvalue weighted by atomic mass is 32.2. The summed E-state index contributed by atoms with van der Waals surface area (Å²) in [5.41, 5.74) is 0.609. The molecule has 1 aromatic rings. The molecule has 2 rings (SSSR count). The van der Waals surface area contributed by atoms with E-state index in [4.69, 9.17) is 4.74 Å². The van der Waals surface area contributed by atoms with Gasteiger partial charge < -0.3 is 15.0 Å². The molecule has 1 N–H and O–H groups in total. The molecule has 1 heterocycles. The first kappa shape index (κ1) is 18.6. The van der Waals surface area contributed by atoms with Gasteiger partial charge in [0.15, 0.2) is 0 Å². The fourth-order valence-corrected chi connectivity index (χ4v) is 3.03. The molecule has 1 aliphatic rings. The lowest BCUT2D eigenvalue weighted by atomic mass is 10.0. The van der Waals surface area contributed by atoms with Gasteiger partial charge in [0.1, 0.15) is 5.75 Å². The predicted octanol–water partition coefficient (Wildman–Crippen LogP) is 2.56. The van der Waals surface area contributed by atoms with Crippen LogP contribution in [0.15, 0.2) is 24.3 Å². The number of nitrogens with one attached hydrogen (secondary N) is 1. The van der Waals surface area contributed by atoms with Crippen LogP contribution in [0.5, 0.6) is 5.75 Å². The molecule has 0 aliphatic carbocycles. The van der Waals surface area contributed by atoms with Gasteiger partial charge in [-0.1, -0.05) is 12.1 Å². The maximum atomic E-state index is 12.7. The van der Waals surface area contributed by atoms with E-state index in [1.165, 1.54) is 11.8 Å². The Hall–Kier alpha value is -1.69. The average molecular weight is 350 g/mol. The number of hydrogen-bond donors (Lipinski definition) is 1. The number of carbonyl (C=O) groups is 2. The third-order valence-electron chi connectivity index (χ3n) is 4.27. The Labute approximate surface area is 148 Å². The Morgan fingerprint density at radius 1 is 1.33 bits per heavy atom. The first-order valence-electron chi connectivity index (χ1n) is 8.41. The summed E-state index contributed by atoms with van der Waals surface area (Å²) in [6, 6.07) is 7.51. The van der Waals surface area contributed by atoms with Crippen LogP contribution in [0.4, 0.5) is 0 Å². The lowest BCUT2D eigenvalue weighted by Crippen LogP contribution is -2.48. The van der Waals surface area contributed by atoms with Crippen LogP contribution < -0.4 is 10.1 Å². The molecule has 1 fully saturated rings. The van der Waals surface area contributed by atoms with Gasteiger partial charge in [-0.2, -0.15) is 11.8 Å². The van der Waals surface area contributed by atoms with Gasteiger partial charge in [0.25, 0.3) is 5.91 Å². The minimum absolute atomic E-state index is 0.00121. The van der Waals surface area contributed by atoms with Gasteiger partial charge in [-0.05, 0) is 45.1 Å². The molecule has 1 aliphatic heterocycles. The van der Waals surface area contributed by atoms with E-state index in [0.717, 1.165) is 12.8 Å². The minimum atomic E-state index is -0.0391. The van der Waals surface area contributed by atoms with E-state index in [9.17, 15) is 9.59 Å². The third-order valence-corrected chi connectivity index (χ3v) is 5.19. The molecule has 0 radical (unpaired) electrons. The van der Waals surface area contributed by atoms with Crippen molar-refractivity contribution in [2.75, 3.05) is 26.0 Å². The van der Waals surface area contributed by atoms with Crippen molar-refractivity contribution in [3.8, 4) is 5.75 Å². The van der Waals surface area contributed by atoms with Gasteiger partial charge in [0, 0.05) is 19.1 Å². The molecule has 0 saturated carbocycles. The van der Waals surface area contributed by atoms with E-state index in [-0.39, 0.29) is 23.1 Å². The van der Waals surface area contributed by atoms with E-state index >= 15 is 0 Å². The molecule has 0 aromatic heterocycles. The zero-order chi connectivity index (χ0) is 17.5. The fourth-order valence-electron chi connectivity index (χ4n) is 2.75. The number of amides is 2. The van der Waals surface area contributed by atoms with Crippen molar-refractivity contribution in [1.29, 1.82) is 0 Å². The first-order chi connectivity index (χ1) is 11.6. The zero-order valence-electron chi connectivity index (χ0n) is 14.6. The number of likely N-dealkylation sites (tertiary alicyclic amines) is 1. The highest BCUT2D eigenvalue weighted by Crippen LogP contribution is 2.22. The van der Waals surface area contributed by atoms with E-state index in [1.807, 2.05) is 43.2 Å². The standard InChI is InChI=1S/C18H26N2O3S/c1-4-23-16-8-6-5-7-15(16)18(22)20-11-9-14(10-12-20)19-17(21)13(2)24-3/h5-8,13-14H,4,9-12H2,1-3H3,(H,19,21)/t13-/m1/s1. The van der Waals surface area contributed by atoms with Crippen LogP contribution in [0.2, 0.25) is 0 Å². The van der Waals surface area contributed by atoms with Crippen LogP contribution in [-0.2, 0) is 4.79 Å². The van der Waals surface area contributed by atoms with E-state index < -0.39 is 0 Å². The van der Waals surface area contributed by atoms with Gasteiger partial charge >= 0.3 is 0 Å². The summed E-state index contributed by atoms with van der Waals surface area (Å²) in [6.45, 7) is 5.65. The fraction of sp³-hybridized carbons (Fsp3) is 0.556. The second-order valence-corrected chi connectivity index (χ2v) is 7.06. The highest BCUT2D eigenvalue weighted by molar-refractivity contribution is 7.99. The molecule has 132 valence electrons. The van der Waals surface area contributed by atoms with Crippen molar-refractivity contribution < 1.29 is 14.3 Å². The quantitative estimate of drug-likeness (QED) is 0.857. The summed E-state index contributed by atoms with van der Waals surface area (Å²) < 4.78 is 5.55. The molecule has 1 saturated heterocycles. The summed E-state index contributed by atoms with van der Waals surface area (Å²) in [5, 5.41) is 3.04. The molecular formula is C18H26N2O3S. The summed E-state index contributed by atoms with van der Waals surface area (Å²) in [6.07, 6.45) is 3.51. The van der Waals surface area contributed by atoms with Crippen molar-refractivity contribution in [3.63, 3.8) is 0 Å². The number of rotatable bonds is 6. The van der Waals surface area contributed by atoms with Gasteiger partial charge in [0.2, 0.25) is 5.91 Å². The SMILES string of the molecule is CCOc1ccccc1C(=O)N1CCC(NC(=O)[C@@H](C)SC)CC1. The number of para-hydroxylation sites is 1. The summed E-state index contributed by atoms with van der Waals surface area (Å²) in [7, 11) is 0. The van der Waals surface area contributed by atoms with E-state index in [1.54, 1.807) is 6.07 Å². The number of thioether (sulfide) groups is 1. The molecule has 1 aromatic carbocycles. The van der Waals surface area contributed by atoms with Crippen LogP contribution in [0.1, 0.15) is 37.0 Å². The molecule has 0 unspecified atom stereocenters. The molecule has 0 spiro atoms. The first-order valence-corrected chi connectivity index (χ1v) is 9.69. The van der Waals surface area contributed by atoms with Crippen molar-refractivity contribution in [1.82, 2.24) is 10.2 Å². The van der Waals surface area contributed by atoms with Crippen LogP contribution >= 0.6 is 11.8 Å². The largest absolute Gasteiger partial charge is 0.493 e. The number of nitrogens with zero attached hydrogens (tertiary/aromatic N) is 1. The second-order valence-electron chi connectivity index (χ2n) is 5.88. The lowest BCUT2D eigenvalue weighted by Gasteiger charge is -2.33. The van der Waals surface area contributed by atoms with Gasteiger partial charge in [-0.15, -0.1) is 0 Å². The predicted molar refractivity (Wildman–Crippen MR) is 97.7 cm³/mol. The molecule has 1 atom stereocenters. The number of benzene rings is 1. The van der Waals surface area contributed by atoms with Crippen molar-refractivity contribution in [2.24, 2.45) is 0 Å². The number of carbonyl (C=O) groups excluding carboxylic acids is 2. The molecule has 0 bridgehead atoms. The normalized spacial score (nSPS) is 16.5. The van der Waals surface area contributed by atoms with Crippen LogP contribution in [0.25, 0.3) is 0 Å². The van der Waals surface area contributed by atoms with Crippen molar-refractivity contribution in [2.45, 2.75) is 38.0 Å². The van der Waals surface area contributed by atoms with Crippen LogP contribution in [0, 0.1) is 0 Å². The Balaban J connectivity index is 1.92. The Morgan fingerprint density at radius 3 is 2.62 bits per heavy atom. The minimum Gasteiger partial charge on any atom is -0.493 e. The highest BCUT2D eigenvalue weighted by Gasteiger charge is 2.26. The average Bonchev–Trinajstić information content (AvgIpc) is 2.61. The van der Waals surface area contributed by atoms with Gasteiger partial charge in [0.05, 0.1) is 17.4 Å².